The molecule has 0 saturated carbocycles. The Morgan fingerprint density at radius 2 is 2.00 bits per heavy atom. The van der Waals surface area contributed by atoms with Gasteiger partial charge in [-0.25, -0.2) is 9.37 Å². The molecule has 0 aliphatic rings. The highest BCUT2D eigenvalue weighted by molar-refractivity contribution is 9.10. The molecule has 0 unspecified atom stereocenters. The molecule has 0 amide bonds. The molecule has 4 nitrogen and oxygen atoms in total. The Hall–Kier alpha value is -2.12. The number of anilines is 1. The van der Waals surface area contributed by atoms with Gasteiger partial charge in [-0.1, -0.05) is 28.1 Å². The van der Waals surface area contributed by atoms with E-state index >= 15 is 0 Å². The monoisotopic (exact) mass is 422 g/mol. The summed E-state index contributed by atoms with van der Waals surface area (Å²) in [5.74, 6) is 0.999. The second-order valence-electron chi connectivity index (χ2n) is 5.20. The number of halogens is 2. The number of ether oxygens (including phenoxy) is 2. The highest BCUT2D eigenvalue weighted by Gasteiger charge is 2.11. The molecule has 0 radical (unpaired) electrons. The number of nitrogens with zero attached hydrogens (tertiary/aromatic N) is 1. The van der Waals surface area contributed by atoms with Crippen LogP contribution in [0.1, 0.15) is 11.1 Å². The van der Waals surface area contributed by atoms with Crippen molar-refractivity contribution in [2.45, 2.75) is 13.2 Å². The Kier molecular flexibility index (Phi) is 5.88. The summed E-state index contributed by atoms with van der Waals surface area (Å²) in [6.07, 6.45) is 1.76. The summed E-state index contributed by atoms with van der Waals surface area (Å²) in [4.78, 5) is 4.20. The van der Waals surface area contributed by atoms with Gasteiger partial charge in [-0.05, 0) is 35.4 Å². The molecule has 0 fully saturated rings. The Labute approximate surface area is 157 Å². The van der Waals surface area contributed by atoms with E-state index in [4.69, 9.17) is 9.47 Å². The molecule has 7 heteroatoms. The summed E-state index contributed by atoms with van der Waals surface area (Å²) in [6, 6.07) is 10.0. The lowest BCUT2D eigenvalue weighted by Crippen LogP contribution is -2.03. The zero-order valence-corrected chi connectivity index (χ0v) is 15.9. The lowest BCUT2D eigenvalue weighted by molar-refractivity contribution is 0.284. The third kappa shape index (κ3) is 4.70. The fraction of sp³-hybridized carbons (Fsp3) is 0.167. The lowest BCUT2D eigenvalue weighted by atomic mass is 10.2. The summed E-state index contributed by atoms with van der Waals surface area (Å²) in [5, 5.41) is 6.05. The van der Waals surface area contributed by atoms with Crippen molar-refractivity contribution in [2.75, 3.05) is 12.4 Å². The van der Waals surface area contributed by atoms with E-state index in [2.05, 4.69) is 26.2 Å². The van der Waals surface area contributed by atoms with E-state index in [1.807, 2.05) is 17.5 Å². The molecule has 1 aromatic heterocycles. The Morgan fingerprint density at radius 1 is 1.20 bits per heavy atom. The molecule has 0 bridgehead atoms. The van der Waals surface area contributed by atoms with Gasteiger partial charge in [0.25, 0.3) is 0 Å². The van der Waals surface area contributed by atoms with Gasteiger partial charge in [-0.3, -0.25) is 0 Å². The first-order valence-corrected chi connectivity index (χ1v) is 9.20. The molecule has 1 heterocycles. The predicted octanol–water partition coefficient (Wildman–Crippen LogP) is 5.24. The number of hydrogen-bond donors (Lipinski definition) is 1. The molecule has 3 aromatic rings. The maximum Gasteiger partial charge on any atom is 0.182 e. The molecule has 0 aliphatic carbocycles. The number of rotatable bonds is 7. The van der Waals surface area contributed by atoms with Gasteiger partial charge in [-0.2, -0.15) is 0 Å². The van der Waals surface area contributed by atoms with E-state index < -0.39 is 0 Å². The molecule has 0 spiro atoms. The van der Waals surface area contributed by atoms with Crippen molar-refractivity contribution in [1.29, 1.82) is 0 Å². The molecule has 1 N–H and O–H groups in total. The van der Waals surface area contributed by atoms with Crippen LogP contribution in [0.5, 0.6) is 11.5 Å². The van der Waals surface area contributed by atoms with Crippen molar-refractivity contribution >= 4 is 32.4 Å². The number of thiazole rings is 1. The van der Waals surface area contributed by atoms with Crippen molar-refractivity contribution in [1.82, 2.24) is 4.98 Å². The standard InChI is InChI=1S/C18H16BrFN2O2S/c1-23-16-8-13(10-22-18-21-6-7-25-18)15(19)9-17(16)24-11-12-2-4-14(20)5-3-12/h2-9H,10-11H2,1H3,(H,21,22). The molecule has 130 valence electrons. The van der Waals surface area contributed by atoms with Crippen LogP contribution in [0.3, 0.4) is 0 Å². The number of methoxy groups -OCH3 is 1. The second-order valence-corrected chi connectivity index (χ2v) is 6.95. The van der Waals surface area contributed by atoms with Crippen LogP contribution in [0, 0.1) is 5.82 Å². The Morgan fingerprint density at radius 3 is 2.68 bits per heavy atom. The van der Waals surface area contributed by atoms with Crippen molar-refractivity contribution in [3.63, 3.8) is 0 Å². The van der Waals surface area contributed by atoms with E-state index in [9.17, 15) is 4.39 Å². The smallest absolute Gasteiger partial charge is 0.182 e. The van der Waals surface area contributed by atoms with Gasteiger partial charge in [-0.15, -0.1) is 11.3 Å². The van der Waals surface area contributed by atoms with Gasteiger partial charge in [0.05, 0.1) is 7.11 Å². The van der Waals surface area contributed by atoms with Crippen LogP contribution in [0.15, 0.2) is 52.4 Å². The van der Waals surface area contributed by atoms with E-state index in [0.29, 0.717) is 24.7 Å². The quantitative estimate of drug-likeness (QED) is 0.564. The molecule has 0 atom stereocenters. The summed E-state index contributed by atoms with van der Waals surface area (Å²) in [7, 11) is 1.60. The van der Waals surface area contributed by atoms with Gasteiger partial charge in [0.1, 0.15) is 12.4 Å². The number of benzene rings is 2. The molecular formula is C18H16BrFN2O2S. The predicted molar refractivity (Wildman–Crippen MR) is 101 cm³/mol. The minimum absolute atomic E-state index is 0.263. The third-order valence-electron chi connectivity index (χ3n) is 3.50. The fourth-order valence-corrected chi connectivity index (χ4v) is 3.20. The highest BCUT2D eigenvalue weighted by atomic mass is 79.9. The first kappa shape index (κ1) is 17.7. The van der Waals surface area contributed by atoms with E-state index in [0.717, 1.165) is 20.7 Å². The van der Waals surface area contributed by atoms with Gasteiger partial charge in [0.2, 0.25) is 0 Å². The number of hydrogen-bond acceptors (Lipinski definition) is 5. The molecule has 25 heavy (non-hydrogen) atoms. The maximum absolute atomic E-state index is 13.0. The van der Waals surface area contributed by atoms with E-state index in [-0.39, 0.29) is 5.82 Å². The van der Waals surface area contributed by atoms with Gasteiger partial charge < -0.3 is 14.8 Å². The minimum Gasteiger partial charge on any atom is -0.493 e. The molecule has 3 rings (SSSR count). The molecule has 0 saturated heterocycles. The summed E-state index contributed by atoms with van der Waals surface area (Å²) in [6.45, 7) is 0.947. The van der Waals surface area contributed by atoms with Crippen LogP contribution in [-0.2, 0) is 13.2 Å². The van der Waals surface area contributed by atoms with Crippen molar-refractivity contribution in [3.8, 4) is 11.5 Å². The normalized spacial score (nSPS) is 10.5. The van der Waals surface area contributed by atoms with Crippen LogP contribution >= 0.6 is 27.3 Å². The summed E-state index contributed by atoms with van der Waals surface area (Å²) < 4.78 is 25.1. The zero-order chi connectivity index (χ0) is 17.6. The number of aromatic nitrogens is 1. The average Bonchev–Trinajstić information content (AvgIpc) is 3.14. The van der Waals surface area contributed by atoms with Crippen molar-refractivity contribution < 1.29 is 13.9 Å². The molecular weight excluding hydrogens is 407 g/mol. The first-order valence-electron chi connectivity index (χ1n) is 7.52. The molecule has 2 aromatic carbocycles. The first-order chi connectivity index (χ1) is 12.2. The largest absolute Gasteiger partial charge is 0.493 e. The average molecular weight is 423 g/mol. The van der Waals surface area contributed by atoms with Crippen molar-refractivity contribution in [3.05, 3.63) is 69.4 Å². The fourth-order valence-electron chi connectivity index (χ4n) is 2.21. The summed E-state index contributed by atoms with van der Waals surface area (Å²) in [5.41, 5.74) is 1.91. The summed E-state index contributed by atoms with van der Waals surface area (Å²) >= 11 is 5.12. The van der Waals surface area contributed by atoms with Gasteiger partial charge in [0, 0.05) is 22.6 Å². The zero-order valence-electron chi connectivity index (χ0n) is 13.5. The minimum atomic E-state index is -0.263. The van der Waals surface area contributed by atoms with Crippen LogP contribution in [-0.4, -0.2) is 12.1 Å². The second kappa shape index (κ2) is 8.31. The van der Waals surface area contributed by atoms with Gasteiger partial charge >= 0.3 is 0 Å². The maximum atomic E-state index is 13.0. The van der Waals surface area contributed by atoms with Crippen LogP contribution in [0.2, 0.25) is 0 Å². The SMILES string of the molecule is COc1cc(CNc2nccs2)c(Br)cc1OCc1ccc(F)cc1. The molecule has 0 aliphatic heterocycles. The van der Waals surface area contributed by atoms with Gasteiger partial charge in [0.15, 0.2) is 16.6 Å². The van der Waals surface area contributed by atoms with Crippen LogP contribution in [0.4, 0.5) is 9.52 Å². The Bertz CT molecular complexity index is 826. The highest BCUT2D eigenvalue weighted by Crippen LogP contribution is 2.34. The Balaban J connectivity index is 1.71. The van der Waals surface area contributed by atoms with E-state index in [1.165, 1.54) is 12.1 Å². The lowest BCUT2D eigenvalue weighted by Gasteiger charge is -2.14. The van der Waals surface area contributed by atoms with Crippen LogP contribution in [0.25, 0.3) is 0 Å². The number of nitrogens with one attached hydrogen (secondary N) is 1. The van der Waals surface area contributed by atoms with E-state index in [1.54, 1.807) is 36.8 Å². The third-order valence-corrected chi connectivity index (χ3v) is 4.97. The topological polar surface area (TPSA) is 43.4 Å². The van der Waals surface area contributed by atoms with Crippen molar-refractivity contribution in [2.24, 2.45) is 0 Å². The van der Waals surface area contributed by atoms with Crippen LogP contribution < -0.4 is 14.8 Å².